The van der Waals surface area contributed by atoms with Crippen molar-refractivity contribution in [3.63, 3.8) is 0 Å². The van der Waals surface area contributed by atoms with Gasteiger partial charge in [-0.2, -0.15) is 5.10 Å². The number of nitrogens with one attached hydrogen (secondary N) is 1. The summed E-state index contributed by atoms with van der Waals surface area (Å²) in [6, 6.07) is 4.47. The number of aromatic amines is 1. The molecule has 0 unspecified atom stereocenters. The molecular formula is C11H9ClFN3O. The predicted molar refractivity (Wildman–Crippen MR) is 61.3 cm³/mol. The molecule has 1 aromatic heterocycles. The number of carbonyl (C=O) groups excluding carboxylic acids is 1. The van der Waals surface area contributed by atoms with E-state index in [0.717, 1.165) is 0 Å². The van der Waals surface area contributed by atoms with Gasteiger partial charge in [-0.1, -0.05) is 17.7 Å². The molecule has 1 amide bonds. The number of carbonyl (C=O) groups is 1. The smallest absolute Gasteiger partial charge is 0.267 e. The molecule has 0 aliphatic heterocycles. The van der Waals surface area contributed by atoms with E-state index in [1.54, 1.807) is 6.07 Å². The molecular weight excluding hydrogens is 245 g/mol. The minimum Gasteiger partial charge on any atom is -0.364 e. The Bertz CT molecular complexity index is 568. The van der Waals surface area contributed by atoms with Gasteiger partial charge in [0.15, 0.2) is 0 Å². The number of H-pyrrole nitrogens is 1. The lowest BCUT2D eigenvalue weighted by Gasteiger charge is -2.02. The van der Waals surface area contributed by atoms with E-state index in [-0.39, 0.29) is 10.7 Å². The van der Waals surface area contributed by atoms with Crippen LogP contribution in [0.15, 0.2) is 24.4 Å². The molecule has 0 spiro atoms. The number of primary amides is 1. The number of nitrogens with zero attached hydrogens (tertiary/aromatic N) is 1. The number of halogens is 2. The molecule has 0 radical (unpaired) electrons. The fourth-order valence-electron chi connectivity index (χ4n) is 1.53. The second kappa shape index (κ2) is 4.55. The van der Waals surface area contributed by atoms with Crippen molar-refractivity contribution in [3.05, 3.63) is 52.1 Å². The van der Waals surface area contributed by atoms with Gasteiger partial charge in [0.25, 0.3) is 5.91 Å². The molecule has 0 atom stereocenters. The van der Waals surface area contributed by atoms with Gasteiger partial charge >= 0.3 is 0 Å². The largest absolute Gasteiger partial charge is 0.364 e. The van der Waals surface area contributed by atoms with Crippen molar-refractivity contribution in [2.24, 2.45) is 5.73 Å². The number of aromatic nitrogens is 2. The Morgan fingerprint density at radius 1 is 1.53 bits per heavy atom. The van der Waals surface area contributed by atoms with Gasteiger partial charge in [-0.05, 0) is 17.7 Å². The number of benzene rings is 1. The van der Waals surface area contributed by atoms with Crippen LogP contribution in [0.1, 0.15) is 21.6 Å². The van der Waals surface area contributed by atoms with Crippen LogP contribution in [0.3, 0.4) is 0 Å². The van der Waals surface area contributed by atoms with Gasteiger partial charge in [0, 0.05) is 12.0 Å². The fraction of sp³-hybridized carbons (Fsp3) is 0.0909. The second-order valence-corrected chi connectivity index (χ2v) is 3.97. The Hall–Kier alpha value is -1.88. The maximum atomic E-state index is 13.2. The Kier molecular flexibility index (Phi) is 3.10. The van der Waals surface area contributed by atoms with Crippen LogP contribution in [0.25, 0.3) is 0 Å². The predicted octanol–water partition coefficient (Wildman–Crippen LogP) is 1.89. The van der Waals surface area contributed by atoms with Crippen LogP contribution >= 0.6 is 11.6 Å². The maximum Gasteiger partial charge on any atom is 0.267 e. The van der Waals surface area contributed by atoms with Crippen molar-refractivity contribution in [1.29, 1.82) is 0 Å². The molecule has 6 heteroatoms. The van der Waals surface area contributed by atoms with E-state index in [1.165, 1.54) is 18.3 Å². The summed E-state index contributed by atoms with van der Waals surface area (Å²) in [5.74, 6) is -1.08. The third-order valence-corrected chi connectivity index (χ3v) is 2.65. The zero-order valence-electron chi connectivity index (χ0n) is 8.71. The van der Waals surface area contributed by atoms with Crippen molar-refractivity contribution in [2.75, 3.05) is 0 Å². The number of nitrogens with two attached hydrogens (primary N) is 1. The third-order valence-electron chi connectivity index (χ3n) is 2.34. The number of hydrogen-bond acceptors (Lipinski definition) is 2. The highest BCUT2D eigenvalue weighted by Crippen LogP contribution is 2.18. The lowest BCUT2D eigenvalue weighted by atomic mass is 10.1. The molecule has 1 heterocycles. The average molecular weight is 254 g/mol. The molecule has 0 saturated heterocycles. The molecule has 4 nitrogen and oxygen atoms in total. The maximum absolute atomic E-state index is 13.2. The Morgan fingerprint density at radius 2 is 2.29 bits per heavy atom. The highest BCUT2D eigenvalue weighted by Gasteiger charge is 2.11. The van der Waals surface area contributed by atoms with Crippen molar-refractivity contribution in [2.45, 2.75) is 6.42 Å². The van der Waals surface area contributed by atoms with Gasteiger partial charge in [0.2, 0.25) is 0 Å². The Morgan fingerprint density at radius 3 is 2.94 bits per heavy atom. The molecule has 0 aliphatic carbocycles. The van der Waals surface area contributed by atoms with Crippen LogP contribution in [-0.2, 0) is 6.42 Å². The van der Waals surface area contributed by atoms with Crippen LogP contribution in [0, 0.1) is 5.82 Å². The summed E-state index contributed by atoms with van der Waals surface area (Å²) in [6.45, 7) is 0. The summed E-state index contributed by atoms with van der Waals surface area (Å²) in [5.41, 5.74) is 6.71. The highest BCUT2D eigenvalue weighted by atomic mass is 35.5. The molecule has 1 aromatic carbocycles. The van der Waals surface area contributed by atoms with Crippen molar-refractivity contribution in [1.82, 2.24) is 10.2 Å². The summed E-state index contributed by atoms with van der Waals surface area (Å²) >= 11 is 5.58. The Balaban J connectivity index is 2.28. The summed E-state index contributed by atoms with van der Waals surface area (Å²) in [7, 11) is 0. The molecule has 2 aromatic rings. The zero-order valence-corrected chi connectivity index (χ0v) is 9.46. The lowest BCUT2D eigenvalue weighted by molar-refractivity contribution is 0.0995. The zero-order chi connectivity index (χ0) is 12.4. The van der Waals surface area contributed by atoms with Gasteiger partial charge in [-0.15, -0.1) is 0 Å². The molecule has 0 fully saturated rings. The second-order valence-electron chi connectivity index (χ2n) is 3.56. The molecule has 17 heavy (non-hydrogen) atoms. The standard InChI is InChI=1S/C11H9ClFN3O/c12-8-2-1-6(4-9(8)13)3-7-5-15-16-10(7)11(14)17/h1-2,4-5H,3H2,(H2,14,17)(H,15,16). The van der Waals surface area contributed by atoms with Gasteiger partial charge in [-0.3, -0.25) is 9.89 Å². The van der Waals surface area contributed by atoms with Crippen molar-refractivity contribution >= 4 is 17.5 Å². The van der Waals surface area contributed by atoms with E-state index in [4.69, 9.17) is 17.3 Å². The number of hydrogen-bond donors (Lipinski definition) is 2. The third kappa shape index (κ3) is 2.45. The van der Waals surface area contributed by atoms with Crippen LogP contribution in [0.5, 0.6) is 0 Å². The molecule has 0 saturated carbocycles. The summed E-state index contributed by atoms with van der Waals surface area (Å²) in [6.07, 6.45) is 1.86. The topological polar surface area (TPSA) is 71.8 Å². The molecule has 0 aliphatic rings. The SMILES string of the molecule is NC(=O)c1[nH]ncc1Cc1ccc(Cl)c(F)c1. The molecule has 0 bridgehead atoms. The van der Waals surface area contributed by atoms with E-state index >= 15 is 0 Å². The quantitative estimate of drug-likeness (QED) is 0.877. The van der Waals surface area contributed by atoms with E-state index in [0.29, 0.717) is 17.5 Å². The minimum atomic E-state index is -0.591. The first kappa shape index (κ1) is 11.6. The van der Waals surface area contributed by atoms with Gasteiger partial charge in [0.05, 0.1) is 11.2 Å². The van der Waals surface area contributed by atoms with E-state index in [1.807, 2.05) is 0 Å². The molecule has 88 valence electrons. The van der Waals surface area contributed by atoms with E-state index < -0.39 is 11.7 Å². The highest BCUT2D eigenvalue weighted by molar-refractivity contribution is 6.30. The molecule has 2 rings (SSSR count). The van der Waals surface area contributed by atoms with E-state index in [9.17, 15) is 9.18 Å². The van der Waals surface area contributed by atoms with Crippen LogP contribution in [-0.4, -0.2) is 16.1 Å². The lowest BCUT2D eigenvalue weighted by Crippen LogP contribution is -2.13. The minimum absolute atomic E-state index is 0.0658. The number of rotatable bonds is 3. The monoisotopic (exact) mass is 253 g/mol. The van der Waals surface area contributed by atoms with Crippen molar-refractivity contribution in [3.8, 4) is 0 Å². The van der Waals surface area contributed by atoms with Crippen LogP contribution in [0.4, 0.5) is 4.39 Å². The first-order valence-corrected chi connectivity index (χ1v) is 5.21. The van der Waals surface area contributed by atoms with E-state index in [2.05, 4.69) is 10.2 Å². The number of amides is 1. The van der Waals surface area contributed by atoms with Crippen LogP contribution < -0.4 is 5.73 Å². The summed E-state index contributed by atoms with van der Waals surface area (Å²) < 4.78 is 13.2. The van der Waals surface area contributed by atoms with Gasteiger partial charge in [-0.25, -0.2) is 4.39 Å². The normalized spacial score (nSPS) is 10.5. The van der Waals surface area contributed by atoms with Gasteiger partial charge in [0.1, 0.15) is 11.5 Å². The Labute approximate surface area is 102 Å². The summed E-state index contributed by atoms with van der Waals surface area (Å²) in [4.78, 5) is 11.0. The van der Waals surface area contributed by atoms with Gasteiger partial charge < -0.3 is 5.73 Å². The summed E-state index contributed by atoms with van der Waals surface area (Å²) in [5, 5.41) is 6.31. The first-order chi connectivity index (χ1) is 8.08. The van der Waals surface area contributed by atoms with Crippen LogP contribution in [0.2, 0.25) is 5.02 Å². The molecule has 3 N–H and O–H groups in total. The first-order valence-electron chi connectivity index (χ1n) is 4.84. The fourth-order valence-corrected chi connectivity index (χ4v) is 1.65. The van der Waals surface area contributed by atoms with Crippen molar-refractivity contribution < 1.29 is 9.18 Å². The average Bonchev–Trinajstić information content (AvgIpc) is 2.72.